The van der Waals surface area contributed by atoms with E-state index in [2.05, 4.69) is 17.2 Å². The molecule has 5 nitrogen and oxygen atoms in total. The molecule has 23 heavy (non-hydrogen) atoms. The molecule has 0 atom stereocenters. The molecule has 1 rings (SSSR count). The van der Waals surface area contributed by atoms with E-state index in [0.717, 1.165) is 5.56 Å². The number of esters is 1. The molecule has 0 bridgehead atoms. The van der Waals surface area contributed by atoms with Crippen LogP contribution in [0.15, 0.2) is 24.3 Å². The van der Waals surface area contributed by atoms with Crippen LogP contribution in [0.1, 0.15) is 50.0 Å². The molecule has 0 spiro atoms. The smallest absolute Gasteiger partial charge is 0.407 e. The summed E-state index contributed by atoms with van der Waals surface area (Å²) in [6.07, 6.45) is 0.0666. The van der Waals surface area contributed by atoms with Crippen LogP contribution in [0.2, 0.25) is 0 Å². The molecular weight excluding hydrogens is 294 g/mol. The van der Waals surface area contributed by atoms with Gasteiger partial charge in [0.05, 0.1) is 12.2 Å². The number of hydrogen-bond donors (Lipinski definition) is 1. The molecular formula is C18H23NO4. The first-order valence-electron chi connectivity index (χ1n) is 7.54. The van der Waals surface area contributed by atoms with Crippen molar-refractivity contribution in [2.75, 3.05) is 13.2 Å². The predicted octanol–water partition coefficient (Wildman–Crippen LogP) is 3.13. The van der Waals surface area contributed by atoms with Crippen LogP contribution in [0.4, 0.5) is 4.79 Å². The van der Waals surface area contributed by atoms with Gasteiger partial charge in [0.2, 0.25) is 0 Å². The van der Waals surface area contributed by atoms with Crippen LogP contribution in [0.25, 0.3) is 0 Å². The summed E-state index contributed by atoms with van der Waals surface area (Å²) in [6, 6.07) is 6.89. The maximum atomic E-state index is 11.5. The number of rotatable bonds is 4. The first-order valence-corrected chi connectivity index (χ1v) is 7.54. The van der Waals surface area contributed by atoms with Crippen LogP contribution in [-0.4, -0.2) is 30.8 Å². The Hall–Kier alpha value is -2.48. The van der Waals surface area contributed by atoms with Crippen LogP contribution in [0.5, 0.6) is 0 Å². The van der Waals surface area contributed by atoms with Gasteiger partial charge in [-0.25, -0.2) is 9.59 Å². The fourth-order valence-electron chi connectivity index (χ4n) is 1.61. The van der Waals surface area contributed by atoms with Gasteiger partial charge in [0.15, 0.2) is 0 Å². The Morgan fingerprint density at radius 3 is 2.39 bits per heavy atom. The highest BCUT2D eigenvalue weighted by atomic mass is 16.6. The normalized spacial score (nSPS) is 10.3. The zero-order valence-corrected chi connectivity index (χ0v) is 14.1. The van der Waals surface area contributed by atoms with Crippen LogP contribution >= 0.6 is 0 Å². The van der Waals surface area contributed by atoms with E-state index < -0.39 is 11.7 Å². The van der Waals surface area contributed by atoms with Crippen molar-refractivity contribution in [1.29, 1.82) is 0 Å². The Morgan fingerprint density at radius 1 is 1.17 bits per heavy atom. The molecule has 0 fully saturated rings. The molecule has 1 N–H and O–H groups in total. The van der Waals surface area contributed by atoms with Gasteiger partial charge in [0.25, 0.3) is 0 Å². The number of nitrogens with one attached hydrogen (secondary N) is 1. The zero-order valence-electron chi connectivity index (χ0n) is 14.1. The average molecular weight is 317 g/mol. The molecule has 1 amide bonds. The van der Waals surface area contributed by atoms with Crippen molar-refractivity contribution in [1.82, 2.24) is 5.32 Å². The summed E-state index contributed by atoms with van der Waals surface area (Å²) in [7, 11) is 0. The number of carbonyl (C=O) groups is 2. The minimum absolute atomic E-state index is 0.339. The summed E-state index contributed by atoms with van der Waals surface area (Å²) in [5.74, 6) is 5.59. The number of hydrogen-bond acceptors (Lipinski definition) is 4. The van der Waals surface area contributed by atoms with Gasteiger partial charge in [-0.3, -0.25) is 0 Å². The molecule has 0 aliphatic rings. The third-order valence-electron chi connectivity index (χ3n) is 2.55. The molecule has 0 aliphatic carbocycles. The van der Waals surface area contributed by atoms with Crippen LogP contribution < -0.4 is 5.32 Å². The third-order valence-corrected chi connectivity index (χ3v) is 2.55. The van der Waals surface area contributed by atoms with E-state index in [9.17, 15) is 9.59 Å². The molecule has 5 heteroatoms. The fraction of sp³-hybridized carbons (Fsp3) is 0.444. The van der Waals surface area contributed by atoms with Crippen molar-refractivity contribution >= 4 is 12.1 Å². The molecule has 0 radical (unpaired) electrons. The van der Waals surface area contributed by atoms with Crippen molar-refractivity contribution < 1.29 is 19.1 Å². The Balaban J connectivity index is 2.39. The SMILES string of the molecule is CCOC(=O)c1ccc(C#CCCNC(=O)OC(C)(C)C)cc1. The molecule has 0 saturated carbocycles. The highest BCUT2D eigenvalue weighted by Crippen LogP contribution is 2.06. The second-order valence-corrected chi connectivity index (χ2v) is 5.78. The monoisotopic (exact) mass is 317 g/mol. The van der Waals surface area contributed by atoms with Gasteiger partial charge in [-0.15, -0.1) is 0 Å². The molecule has 0 aromatic heterocycles. The van der Waals surface area contributed by atoms with E-state index in [1.54, 1.807) is 31.2 Å². The van der Waals surface area contributed by atoms with Gasteiger partial charge in [0, 0.05) is 18.5 Å². The predicted molar refractivity (Wildman–Crippen MR) is 88.1 cm³/mol. The fourth-order valence-corrected chi connectivity index (χ4v) is 1.61. The summed E-state index contributed by atoms with van der Waals surface area (Å²) in [5.41, 5.74) is 0.801. The van der Waals surface area contributed by atoms with Crippen molar-refractivity contribution in [3.8, 4) is 11.8 Å². The van der Waals surface area contributed by atoms with Gasteiger partial charge in [-0.1, -0.05) is 11.8 Å². The van der Waals surface area contributed by atoms with Gasteiger partial charge in [-0.05, 0) is 52.0 Å². The average Bonchev–Trinajstić information content (AvgIpc) is 2.46. The third kappa shape index (κ3) is 7.91. The lowest BCUT2D eigenvalue weighted by Crippen LogP contribution is -2.32. The number of ether oxygens (including phenoxy) is 2. The highest BCUT2D eigenvalue weighted by Gasteiger charge is 2.15. The number of carbonyl (C=O) groups excluding carboxylic acids is 2. The largest absolute Gasteiger partial charge is 0.462 e. The molecule has 1 aromatic rings. The maximum absolute atomic E-state index is 11.5. The van der Waals surface area contributed by atoms with Gasteiger partial charge < -0.3 is 14.8 Å². The molecule has 1 aromatic carbocycles. The van der Waals surface area contributed by atoms with E-state index in [0.29, 0.717) is 25.1 Å². The van der Waals surface area contributed by atoms with E-state index in [1.807, 2.05) is 20.8 Å². The van der Waals surface area contributed by atoms with Crippen LogP contribution in [-0.2, 0) is 9.47 Å². The van der Waals surface area contributed by atoms with Gasteiger partial charge in [0.1, 0.15) is 5.60 Å². The second kappa shape index (κ2) is 8.84. The summed E-state index contributed by atoms with van der Waals surface area (Å²) >= 11 is 0. The molecule has 0 saturated heterocycles. The van der Waals surface area contributed by atoms with E-state index in [4.69, 9.17) is 9.47 Å². The highest BCUT2D eigenvalue weighted by molar-refractivity contribution is 5.89. The van der Waals surface area contributed by atoms with E-state index in [-0.39, 0.29) is 5.97 Å². The Labute approximate surface area is 137 Å². The van der Waals surface area contributed by atoms with Gasteiger partial charge >= 0.3 is 12.1 Å². The molecule has 0 heterocycles. The lowest BCUT2D eigenvalue weighted by atomic mass is 10.1. The minimum Gasteiger partial charge on any atom is -0.462 e. The molecule has 124 valence electrons. The quantitative estimate of drug-likeness (QED) is 0.526. The maximum Gasteiger partial charge on any atom is 0.407 e. The minimum atomic E-state index is -0.504. The lowest BCUT2D eigenvalue weighted by Gasteiger charge is -2.19. The number of alkyl carbamates (subject to hydrolysis) is 1. The summed E-state index contributed by atoms with van der Waals surface area (Å²) in [6.45, 7) is 7.97. The number of benzene rings is 1. The number of amides is 1. The van der Waals surface area contributed by atoms with Crippen molar-refractivity contribution in [3.63, 3.8) is 0 Å². The summed E-state index contributed by atoms with van der Waals surface area (Å²) in [4.78, 5) is 22.9. The first-order chi connectivity index (χ1) is 10.8. The Morgan fingerprint density at radius 2 is 1.83 bits per heavy atom. The topological polar surface area (TPSA) is 64.6 Å². The standard InChI is InChI=1S/C18H23NO4/c1-5-22-16(20)15-11-9-14(10-12-15)8-6-7-13-19-17(21)23-18(2,3)4/h9-12H,5,7,13H2,1-4H3,(H,19,21). The zero-order chi connectivity index (χ0) is 17.3. The van der Waals surface area contributed by atoms with Gasteiger partial charge in [-0.2, -0.15) is 0 Å². The second-order valence-electron chi connectivity index (χ2n) is 5.78. The summed E-state index contributed by atoms with van der Waals surface area (Å²) < 4.78 is 10.0. The van der Waals surface area contributed by atoms with Crippen LogP contribution in [0.3, 0.4) is 0 Å². The van der Waals surface area contributed by atoms with Crippen molar-refractivity contribution in [3.05, 3.63) is 35.4 Å². The lowest BCUT2D eigenvalue weighted by molar-refractivity contribution is 0.0517. The first kappa shape index (κ1) is 18.6. The van der Waals surface area contributed by atoms with Crippen molar-refractivity contribution in [2.24, 2.45) is 0 Å². The molecule has 0 unspecified atom stereocenters. The van der Waals surface area contributed by atoms with E-state index >= 15 is 0 Å². The summed E-state index contributed by atoms with van der Waals surface area (Å²) in [5, 5.41) is 2.64. The Kier molecular flexibility index (Phi) is 7.14. The van der Waals surface area contributed by atoms with Crippen LogP contribution in [0, 0.1) is 11.8 Å². The van der Waals surface area contributed by atoms with Crippen molar-refractivity contribution in [2.45, 2.75) is 39.7 Å². The molecule has 0 aliphatic heterocycles. The Bertz CT molecular complexity index is 588. The van der Waals surface area contributed by atoms with E-state index in [1.165, 1.54) is 0 Å².